The third-order valence-corrected chi connectivity index (χ3v) is 7.18. The Hall–Kier alpha value is -3.04. The zero-order valence-electron chi connectivity index (χ0n) is 17.6. The fraction of sp³-hybridized carbons (Fsp3) is 0.261. The van der Waals surface area contributed by atoms with Crippen LogP contribution in [0.25, 0.3) is 16.4 Å². The highest BCUT2D eigenvalue weighted by molar-refractivity contribution is 7.98. The van der Waals surface area contributed by atoms with Gasteiger partial charge in [-0.05, 0) is 25.5 Å². The molecule has 0 spiro atoms. The molecular formula is C23H22N6OS2. The summed E-state index contributed by atoms with van der Waals surface area (Å²) < 4.78 is 1.95. The van der Waals surface area contributed by atoms with Crippen LogP contribution in [0.4, 0.5) is 0 Å². The molecule has 0 radical (unpaired) electrons. The predicted molar refractivity (Wildman–Crippen MR) is 126 cm³/mol. The number of aryl methyl sites for hydroxylation is 1. The Kier molecular flexibility index (Phi) is 6.00. The van der Waals surface area contributed by atoms with Gasteiger partial charge in [0.25, 0.3) is 0 Å². The number of amides is 1. The minimum atomic E-state index is 0.167. The number of thioether (sulfide) groups is 1. The molecule has 1 fully saturated rings. The van der Waals surface area contributed by atoms with Gasteiger partial charge < -0.3 is 4.90 Å². The van der Waals surface area contributed by atoms with Crippen molar-refractivity contribution < 1.29 is 4.79 Å². The van der Waals surface area contributed by atoms with Gasteiger partial charge in [-0.25, -0.2) is 9.97 Å². The first kappa shape index (κ1) is 20.8. The molecule has 1 aliphatic rings. The molecule has 32 heavy (non-hydrogen) atoms. The van der Waals surface area contributed by atoms with Gasteiger partial charge in [0.2, 0.25) is 5.91 Å². The Labute approximate surface area is 194 Å². The molecule has 1 aromatic carbocycles. The summed E-state index contributed by atoms with van der Waals surface area (Å²) in [5.74, 6) is 2.32. The highest BCUT2D eigenvalue weighted by atomic mass is 32.2. The van der Waals surface area contributed by atoms with Crippen molar-refractivity contribution in [3.63, 3.8) is 0 Å². The summed E-state index contributed by atoms with van der Waals surface area (Å²) in [5, 5.41) is 12.7. The second-order valence-corrected chi connectivity index (χ2v) is 9.44. The summed E-state index contributed by atoms with van der Waals surface area (Å²) >= 11 is 3.22. The van der Waals surface area contributed by atoms with Crippen LogP contribution in [0.5, 0.6) is 0 Å². The Bertz CT molecular complexity index is 1220. The lowest BCUT2D eigenvalue weighted by atomic mass is 10.2. The van der Waals surface area contributed by atoms with Gasteiger partial charge in [-0.1, -0.05) is 47.7 Å². The highest BCUT2D eigenvalue weighted by Gasteiger charge is 2.24. The van der Waals surface area contributed by atoms with Gasteiger partial charge in [-0.2, -0.15) is 0 Å². The van der Waals surface area contributed by atoms with Crippen molar-refractivity contribution in [2.75, 3.05) is 6.54 Å². The zero-order valence-corrected chi connectivity index (χ0v) is 19.3. The van der Waals surface area contributed by atoms with E-state index in [0.29, 0.717) is 18.7 Å². The van der Waals surface area contributed by atoms with E-state index in [0.717, 1.165) is 46.0 Å². The SMILES string of the molecule is Cc1ccc(-c2nc(CSc3nnc(CN4CCCC4=O)n3-c3ccccn3)cs2)cc1. The Morgan fingerprint density at radius 3 is 2.75 bits per heavy atom. The van der Waals surface area contributed by atoms with E-state index >= 15 is 0 Å². The minimum absolute atomic E-state index is 0.167. The number of aromatic nitrogens is 5. The average Bonchev–Trinajstić information content (AvgIpc) is 3.54. The monoisotopic (exact) mass is 462 g/mol. The summed E-state index contributed by atoms with van der Waals surface area (Å²) in [5.41, 5.74) is 3.37. The van der Waals surface area contributed by atoms with Crippen LogP contribution in [0, 0.1) is 6.92 Å². The lowest BCUT2D eigenvalue weighted by Gasteiger charge is -2.16. The summed E-state index contributed by atoms with van der Waals surface area (Å²) in [6, 6.07) is 14.2. The van der Waals surface area contributed by atoms with Gasteiger partial charge in [-0.15, -0.1) is 21.5 Å². The molecule has 1 aliphatic heterocycles. The Balaban J connectivity index is 1.37. The molecule has 4 aromatic rings. The van der Waals surface area contributed by atoms with E-state index in [4.69, 9.17) is 4.98 Å². The summed E-state index contributed by atoms with van der Waals surface area (Å²) in [6.45, 7) is 3.29. The topological polar surface area (TPSA) is 76.8 Å². The summed E-state index contributed by atoms with van der Waals surface area (Å²) in [6.07, 6.45) is 3.25. The number of rotatable bonds is 7. The molecule has 9 heteroatoms. The lowest BCUT2D eigenvalue weighted by molar-refractivity contribution is -0.128. The first-order valence-corrected chi connectivity index (χ1v) is 12.3. The second-order valence-electron chi connectivity index (χ2n) is 7.64. The van der Waals surface area contributed by atoms with Crippen LogP contribution in [0.3, 0.4) is 0 Å². The zero-order chi connectivity index (χ0) is 21.9. The number of hydrogen-bond donors (Lipinski definition) is 0. The van der Waals surface area contributed by atoms with Crippen LogP contribution in [0.1, 0.15) is 29.9 Å². The van der Waals surface area contributed by atoms with Crippen LogP contribution in [-0.2, 0) is 17.1 Å². The molecule has 7 nitrogen and oxygen atoms in total. The van der Waals surface area contributed by atoms with Gasteiger partial charge in [-0.3, -0.25) is 9.36 Å². The fourth-order valence-electron chi connectivity index (χ4n) is 3.59. The number of likely N-dealkylation sites (tertiary alicyclic amines) is 1. The van der Waals surface area contributed by atoms with E-state index < -0.39 is 0 Å². The number of carbonyl (C=O) groups excluding carboxylic acids is 1. The van der Waals surface area contributed by atoms with Gasteiger partial charge in [0.1, 0.15) is 10.8 Å². The van der Waals surface area contributed by atoms with E-state index in [1.807, 2.05) is 27.7 Å². The van der Waals surface area contributed by atoms with Crippen LogP contribution in [-0.4, -0.2) is 42.1 Å². The van der Waals surface area contributed by atoms with Crippen molar-refractivity contribution in [1.82, 2.24) is 29.6 Å². The van der Waals surface area contributed by atoms with E-state index in [1.54, 1.807) is 29.3 Å². The molecule has 5 rings (SSSR count). The van der Waals surface area contributed by atoms with Gasteiger partial charge in [0.15, 0.2) is 11.0 Å². The molecule has 0 aliphatic carbocycles. The van der Waals surface area contributed by atoms with Crippen molar-refractivity contribution in [2.45, 2.75) is 37.2 Å². The van der Waals surface area contributed by atoms with E-state index in [2.05, 4.69) is 51.8 Å². The molecule has 4 heterocycles. The van der Waals surface area contributed by atoms with Crippen molar-refractivity contribution in [3.8, 4) is 16.4 Å². The number of carbonyl (C=O) groups is 1. The Morgan fingerprint density at radius 1 is 1.12 bits per heavy atom. The predicted octanol–water partition coefficient (Wildman–Crippen LogP) is 4.51. The molecule has 0 unspecified atom stereocenters. The van der Waals surface area contributed by atoms with Crippen LogP contribution in [0.15, 0.2) is 59.2 Å². The molecule has 0 bridgehead atoms. The smallest absolute Gasteiger partial charge is 0.223 e. The molecule has 3 aromatic heterocycles. The molecule has 1 saturated heterocycles. The third-order valence-electron chi connectivity index (χ3n) is 5.28. The largest absolute Gasteiger partial charge is 0.335 e. The molecule has 162 valence electrons. The number of pyridine rings is 1. The minimum Gasteiger partial charge on any atom is -0.335 e. The van der Waals surface area contributed by atoms with Gasteiger partial charge in [0, 0.05) is 35.9 Å². The van der Waals surface area contributed by atoms with Crippen molar-refractivity contribution in [1.29, 1.82) is 0 Å². The maximum absolute atomic E-state index is 12.1. The Morgan fingerprint density at radius 2 is 2.00 bits per heavy atom. The number of thiazole rings is 1. The van der Waals surface area contributed by atoms with E-state index in [1.165, 1.54) is 5.56 Å². The van der Waals surface area contributed by atoms with E-state index in [-0.39, 0.29) is 5.91 Å². The van der Waals surface area contributed by atoms with Crippen molar-refractivity contribution in [2.24, 2.45) is 0 Å². The molecule has 0 N–H and O–H groups in total. The number of hydrogen-bond acceptors (Lipinski definition) is 7. The first-order valence-electron chi connectivity index (χ1n) is 10.4. The number of benzene rings is 1. The summed E-state index contributed by atoms with van der Waals surface area (Å²) in [4.78, 5) is 23.3. The van der Waals surface area contributed by atoms with Crippen LogP contribution < -0.4 is 0 Å². The van der Waals surface area contributed by atoms with Crippen molar-refractivity contribution >= 4 is 29.0 Å². The summed E-state index contributed by atoms with van der Waals surface area (Å²) in [7, 11) is 0. The third kappa shape index (κ3) is 4.44. The molecule has 1 amide bonds. The molecule has 0 atom stereocenters. The quantitative estimate of drug-likeness (QED) is 0.376. The highest BCUT2D eigenvalue weighted by Crippen LogP contribution is 2.29. The second kappa shape index (κ2) is 9.22. The van der Waals surface area contributed by atoms with E-state index in [9.17, 15) is 4.79 Å². The first-order chi connectivity index (χ1) is 15.7. The lowest BCUT2D eigenvalue weighted by Crippen LogP contribution is -2.25. The normalized spacial score (nSPS) is 13.8. The molecular weight excluding hydrogens is 440 g/mol. The van der Waals surface area contributed by atoms with Gasteiger partial charge >= 0.3 is 0 Å². The van der Waals surface area contributed by atoms with Crippen molar-refractivity contribution in [3.05, 3.63) is 71.1 Å². The molecule has 0 saturated carbocycles. The maximum atomic E-state index is 12.1. The van der Waals surface area contributed by atoms with Crippen LogP contribution in [0.2, 0.25) is 0 Å². The maximum Gasteiger partial charge on any atom is 0.223 e. The average molecular weight is 463 g/mol. The van der Waals surface area contributed by atoms with Crippen LogP contribution >= 0.6 is 23.1 Å². The number of nitrogens with zero attached hydrogens (tertiary/aromatic N) is 6. The standard InChI is InChI=1S/C23H22N6OS2/c1-16-7-9-17(10-8-16)22-25-18(14-31-22)15-32-23-27-26-20(13-28-12-4-6-21(28)30)29(23)19-5-2-3-11-24-19/h2-3,5,7-11,14H,4,6,12-13,15H2,1H3. The van der Waals surface area contributed by atoms with Gasteiger partial charge in [0.05, 0.1) is 12.2 Å². The fourth-order valence-corrected chi connectivity index (χ4v) is 5.38.